The molecule has 1 atom stereocenters. The van der Waals surface area contributed by atoms with Gasteiger partial charge in [0.05, 0.1) is 18.4 Å². The summed E-state index contributed by atoms with van der Waals surface area (Å²) >= 11 is 0. The molecule has 0 aliphatic carbocycles. The number of aliphatic hydroxyl groups excluding tert-OH is 1. The first kappa shape index (κ1) is 14.0. The standard InChI is InChI=1S/C12H22N2O3/c1-8(2)16-6-11(15)7-17-12-9(3)13-14(5)10(12)4/h8,11,15H,6-7H2,1-5H3. The van der Waals surface area contributed by atoms with Gasteiger partial charge in [-0.15, -0.1) is 0 Å². The molecule has 0 aliphatic heterocycles. The first-order valence-electron chi connectivity index (χ1n) is 5.84. The van der Waals surface area contributed by atoms with E-state index in [2.05, 4.69) is 5.10 Å². The molecular weight excluding hydrogens is 220 g/mol. The summed E-state index contributed by atoms with van der Waals surface area (Å²) in [5, 5.41) is 13.9. The second kappa shape index (κ2) is 6.02. The average Bonchev–Trinajstić information content (AvgIpc) is 2.48. The van der Waals surface area contributed by atoms with E-state index in [4.69, 9.17) is 9.47 Å². The third-order valence-electron chi connectivity index (χ3n) is 2.48. The first-order valence-corrected chi connectivity index (χ1v) is 5.84. The van der Waals surface area contributed by atoms with Crippen LogP contribution in [-0.2, 0) is 11.8 Å². The van der Waals surface area contributed by atoms with Gasteiger partial charge in [-0.25, -0.2) is 0 Å². The summed E-state index contributed by atoms with van der Waals surface area (Å²) < 4.78 is 12.6. The highest BCUT2D eigenvalue weighted by atomic mass is 16.5. The van der Waals surface area contributed by atoms with Gasteiger partial charge in [-0.1, -0.05) is 0 Å². The Morgan fingerprint density at radius 3 is 2.41 bits per heavy atom. The van der Waals surface area contributed by atoms with Crippen molar-refractivity contribution < 1.29 is 14.6 Å². The van der Waals surface area contributed by atoms with Crippen LogP contribution in [0.3, 0.4) is 0 Å². The van der Waals surface area contributed by atoms with Gasteiger partial charge in [-0.3, -0.25) is 4.68 Å². The molecule has 0 fully saturated rings. The first-order chi connectivity index (χ1) is 7.91. The van der Waals surface area contributed by atoms with E-state index in [1.54, 1.807) is 4.68 Å². The fraction of sp³-hybridized carbons (Fsp3) is 0.750. The molecule has 1 unspecified atom stereocenters. The van der Waals surface area contributed by atoms with E-state index in [0.29, 0.717) is 0 Å². The number of aromatic nitrogens is 2. The zero-order valence-corrected chi connectivity index (χ0v) is 11.2. The lowest BCUT2D eigenvalue weighted by molar-refractivity contribution is -0.0124. The Bertz CT molecular complexity index is 361. The van der Waals surface area contributed by atoms with E-state index in [-0.39, 0.29) is 19.3 Å². The Balaban J connectivity index is 2.44. The van der Waals surface area contributed by atoms with Gasteiger partial charge in [-0.05, 0) is 27.7 Å². The molecular formula is C12H22N2O3. The molecule has 0 radical (unpaired) electrons. The van der Waals surface area contributed by atoms with Crippen molar-refractivity contribution in [3.05, 3.63) is 11.4 Å². The van der Waals surface area contributed by atoms with Crippen molar-refractivity contribution in [1.29, 1.82) is 0 Å². The minimum absolute atomic E-state index is 0.117. The number of hydrogen-bond donors (Lipinski definition) is 1. The van der Waals surface area contributed by atoms with Crippen molar-refractivity contribution in [2.75, 3.05) is 13.2 Å². The maximum absolute atomic E-state index is 9.67. The Kier molecular flexibility index (Phi) is 4.96. The highest BCUT2D eigenvalue weighted by molar-refractivity contribution is 5.31. The van der Waals surface area contributed by atoms with Gasteiger partial charge in [0.1, 0.15) is 18.4 Å². The zero-order chi connectivity index (χ0) is 13.0. The van der Waals surface area contributed by atoms with E-state index in [1.165, 1.54) is 0 Å². The fourth-order valence-corrected chi connectivity index (χ4v) is 1.49. The maximum atomic E-state index is 9.67. The van der Waals surface area contributed by atoms with Crippen LogP contribution in [0.5, 0.6) is 5.75 Å². The molecule has 1 heterocycles. The van der Waals surface area contributed by atoms with Crippen LogP contribution in [0.15, 0.2) is 0 Å². The number of hydrogen-bond acceptors (Lipinski definition) is 4. The number of nitrogens with zero attached hydrogens (tertiary/aromatic N) is 2. The molecule has 0 spiro atoms. The van der Waals surface area contributed by atoms with Crippen LogP contribution < -0.4 is 4.74 Å². The molecule has 1 aromatic heterocycles. The number of aliphatic hydroxyl groups is 1. The summed E-state index contributed by atoms with van der Waals surface area (Å²) in [6.45, 7) is 8.20. The minimum atomic E-state index is -0.614. The topological polar surface area (TPSA) is 56.5 Å². The van der Waals surface area contributed by atoms with Crippen LogP contribution in [-0.4, -0.2) is 40.3 Å². The predicted molar refractivity (Wildman–Crippen MR) is 65.3 cm³/mol. The molecule has 5 heteroatoms. The van der Waals surface area contributed by atoms with Gasteiger partial charge >= 0.3 is 0 Å². The van der Waals surface area contributed by atoms with Crippen LogP contribution in [0, 0.1) is 13.8 Å². The minimum Gasteiger partial charge on any atom is -0.487 e. The normalized spacial score (nSPS) is 13.1. The highest BCUT2D eigenvalue weighted by Crippen LogP contribution is 2.21. The highest BCUT2D eigenvalue weighted by Gasteiger charge is 2.13. The lowest BCUT2D eigenvalue weighted by Crippen LogP contribution is -2.25. The largest absolute Gasteiger partial charge is 0.487 e. The van der Waals surface area contributed by atoms with E-state index < -0.39 is 6.10 Å². The summed E-state index contributed by atoms with van der Waals surface area (Å²) in [5.74, 6) is 0.746. The van der Waals surface area contributed by atoms with Crippen molar-refractivity contribution in [2.45, 2.75) is 39.9 Å². The van der Waals surface area contributed by atoms with Crippen molar-refractivity contribution in [2.24, 2.45) is 7.05 Å². The molecule has 17 heavy (non-hydrogen) atoms. The fourth-order valence-electron chi connectivity index (χ4n) is 1.49. The Morgan fingerprint density at radius 1 is 1.29 bits per heavy atom. The van der Waals surface area contributed by atoms with Crippen LogP contribution in [0.1, 0.15) is 25.2 Å². The number of rotatable bonds is 6. The van der Waals surface area contributed by atoms with E-state index in [9.17, 15) is 5.11 Å². The molecule has 1 rings (SSSR count). The average molecular weight is 242 g/mol. The molecule has 0 bridgehead atoms. The van der Waals surface area contributed by atoms with Crippen molar-refractivity contribution in [3.63, 3.8) is 0 Å². The van der Waals surface area contributed by atoms with Gasteiger partial charge in [0.25, 0.3) is 0 Å². The number of aryl methyl sites for hydroxylation is 2. The molecule has 1 aromatic rings. The van der Waals surface area contributed by atoms with Gasteiger partial charge in [0, 0.05) is 7.05 Å². The lowest BCUT2D eigenvalue weighted by Gasteiger charge is -2.14. The Labute approximate surface area is 102 Å². The van der Waals surface area contributed by atoms with Crippen LogP contribution in [0.25, 0.3) is 0 Å². The van der Waals surface area contributed by atoms with E-state index in [1.807, 2.05) is 34.7 Å². The second-order valence-corrected chi connectivity index (χ2v) is 4.47. The molecule has 5 nitrogen and oxygen atoms in total. The molecule has 98 valence electrons. The number of ether oxygens (including phenoxy) is 2. The third kappa shape index (κ3) is 4.02. The zero-order valence-electron chi connectivity index (χ0n) is 11.2. The molecule has 0 aromatic carbocycles. The lowest BCUT2D eigenvalue weighted by atomic mass is 10.3. The Hall–Kier alpha value is -1.07. The van der Waals surface area contributed by atoms with Crippen molar-refractivity contribution in [1.82, 2.24) is 9.78 Å². The quantitative estimate of drug-likeness (QED) is 0.814. The summed E-state index contributed by atoms with van der Waals surface area (Å²) in [7, 11) is 1.87. The predicted octanol–water partition coefficient (Wildman–Crippen LogP) is 1.20. The smallest absolute Gasteiger partial charge is 0.163 e. The van der Waals surface area contributed by atoms with Crippen LogP contribution in [0.2, 0.25) is 0 Å². The van der Waals surface area contributed by atoms with Crippen molar-refractivity contribution in [3.8, 4) is 5.75 Å². The molecule has 0 saturated carbocycles. The van der Waals surface area contributed by atoms with E-state index >= 15 is 0 Å². The maximum Gasteiger partial charge on any atom is 0.163 e. The Morgan fingerprint density at radius 2 is 1.94 bits per heavy atom. The SMILES string of the molecule is Cc1nn(C)c(C)c1OCC(O)COC(C)C. The third-order valence-corrected chi connectivity index (χ3v) is 2.48. The summed E-state index contributed by atoms with van der Waals surface area (Å²) in [5.41, 5.74) is 1.79. The van der Waals surface area contributed by atoms with Gasteiger partial charge in [0.15, 0.2) is 5.75 Å². The van der Waals surface area contributed by atoms with Gasteiger partial charge in [-0.2, -0.15) is 5.10 Å². The molecule has 0 saturated heterocycles. The summed E-state index contributed by atoms with van der Waals surface area (Å²) in [6, 6.07) is 0. The van der Waals surface area contributed by atoms with Crippen LogP contribution >= 0.6 is 0 Å². The van der Waals surface area contributed by atoms with E-state index in [0.717, 1.165) is 17.1 Å². The monoisotopic (exact) mass is 242 g/mol. The van der Waals surface area contributed by atoms with Crippen LogP contribution in [0.4, 0.5) is 0 Å². The van der Waals surface area contributed by atoms with Crippen molar-refractivity contribution >= 4 is 0 Å². The summed E-state index contributed by atoms with van der Waals surface area (Å²) in [6.07, 6.45) is -0.497. The summed E-state index contributed by atoms with van der Waals surface area (Å²) in [4.78, 5) is 0. The van der Waals surface area contributed by atoms with Gasteiger partial charge < -0.3 is 14.6 Å². The van der Waals surface area contributed by atoms with Gasteiger partial charge in [0.2, 0.25) is 0 Å². The molecule has 0 aliphatic rings. The second-order valence-electron chi connectivity index (χ2n) is 4.47. The molecule has 0 amide bonds. The molecule has 1 N–H and O–H groups in total.